The van der Waals surface area contributed by atoms with Crippen LogP contribution in [0.4, 0.5) is 5.69 Å². The number of nitrogens with two attached hydrogens (primary N) is 1. The average molecular weight is 435 g/mol. The minimum absolute atomic E-state index is 0.0645. The zero-order chi connectivity index (χ0) is 21.2. The Kier molecular flexibility index (Phi) is 5.69. The van der Waals surface area contributed by atoms with Crippen molar-refractivity contribution < 1.29 is 13.5 Å². The van der Waals surface area contributed by atoms with Crippen LogP contribution in [0.1, 0.15) is 11.1 Å². The van der Waals surface area contributed by atoms with Gasteiger partial charge in [-0.15, -0.1) is 0 Å². The molecular formula is C18H15ClN4O5S. The lowest BCUT2D eigenvalue weighted by atomic mass is 10.2. The van der Waals surface area contributed by atoms with Crippen LogP contribution >= 0.6 is 11.6 Å². The summed E-state index contributed by atoms with van der Waals surface area (Å²) in [6, 6.07) is 12.0. The average Bonchev–Trinajstić information content (AvgIpc) is 2.66. The highest BCUT2D eigenvalue weighted by atomic mass is 35.5. The van der Waals surface area contributed by atoms with E-state index in [1.807, 2.05) is 0 Å². The maximum Gasteiger partial charge on any atom is 0.331 e. The van der Waals surface area contributed by atoms with Crippen LogP contribution in [0.5, 0.6) is 5.88 Å². The van der Waals surface area contributed by atoms with Crippen molar-refractivity contribution in [3.05, 3.63) is 85.5 Å². The molecule has 150 valence electrons. The second-order valence-electron chi connectivity index (χ2n) is 5.97. The molecule has 1 aromatic heterocycles. The Morgan fingerprint density at radius 2 is 1.79 bits per heavy atom. The molecule has 0 bridgehead atoms. The van der Waals surface area contributed by atoms with Gasteiger partial charge >= 0.3 is 5.69 Å². The minimum Gasteiger partial charge on any atom is -0.494 e. The molecule has 0 radical (unpaired) electrons. The molecule has 0 fully saturated rings. The number of sulfonamides is 1. The molecule has 1 heterocycles. The fraction of sp³-hybridized carbons (Fsp3) is 0.0556. The Labute approximate surface area is 169 Å². The molecule has 9 nitrogen and oxygen atoms in total. The number of hydrogen-bond donors (Lipinski definition) is 3. The number of aliphatic imine (C=N–C) groups is 1. The van der Waals surface area contributed by atoms with Crippen molar-refractivity contribution in [1.29, 1.82) is 0 Å². The van der Waals surface area contributed by atoms with Crippen molar-refractivity contribution >= 4 is 33.5 Å². The number of hydrogen-bond acceptors (Lipinski definition) is 6. The molecule has 3 aromatic rings. The molecule has 3 rings (SSSR count). The second kappa shape index (κ2) is 8.03. The molecule has 29 heavy (non-hydrogen) atoms. The topological polar surface area (TPSA) is 148 Å². The number of aromatic nitrogens is 2. The smallest absolute Gasteiger partial charge is 0.331 e. The quantitative estimate of drug-likeness (QED) is 0.518. The highest BCUT2D eigenvalue weighted by molar-refractivity contribution is 7.89. The third-order valence-corrected chi connectivity index (χ3v) is 5.30. The van der Waals surface area contributed by atoms with Gasteiger partial charge in [-0.05, 0) is 35.9 Å². The number of halogens is 1. The first-order valence-electron chi connectivity index (χ1n) is 8.13. The molecule has 0 saturated carbocycles. The van der Waals surface area contributed by atoms with Crippen LogP contribution in [-0.2, 0) is 16.6 Å². The summed E-state index contributed by atoms with van der Waals surface area (Å²) in [5.41, 5.74) is -0.998. The Hall–Kier alpha value is -3.21. The lowest BCUT2D eigenvalue weighted by Crippen LogP contribution is -2.32. The number of aromatic amines is 1. The van der Waals surface area contributed by atoms with Crippen molar-refractivity contribution in [1.82, 2.24) is 9.55 Å². The first kappa shape index (κ1) is 20.5. The van der Waals surface area contributed by atoms with E-state index < -0.39 is 27.2 Å². The van der Waals surface area contributed by atoms with E-state index >= 15 is 0 Å². The van der Waals surface area contributed by atoms with Gasteiger partial charge in [0.15, 0.2) is 0 Å². The maximum absolute atomic E-state index is 12.1. The monoisotopic (exact) mass is 434 g/mol. The molecule has 0 aliphatic rings. The summed E-state index contributed by atoms with van der Waals surface area (Å²) in [7, 11) is -3.84. The maximum atomic E-state index is 12.1. The van der Waals surface area contributed by atoms with Gasteiger partial charge in [0.2, 0.25) is 15.9 Å². The highest BCUT2D eigenvalue weighted by Crippen LogP contribution is 2.19. The Morgan fingerprint density at radius 1 is 1.14 bits per heavy atom. The van der Waals surface area contributed by atoms with Crippen LogP contribution in [0, 0.1) is 0 Å². The largest absolute Gasteiger partial charge is 0.494 e. The number of nitrogens with one attached hydrogen (secondary N) is 1. The number of nitrogens with zero attached hydrogens (tertiary/aromatic N) is 2. The van der Waals surface area contributed by atoms with Crippen LogP contribution < -0.4 is 16.4 Å². The summed E-state index contributed by atoms with van der Waals surface area (Å²) >= 11 is 6.09. The summed E-state index contributed by atoms with van der Waals surface area (Å²) in [5, 5.41) is 15.9. The van der Waals surface area contributed by atoms with Gasteiger partial charge in [-0.1, -0.05) is 29.8 Å². The van der Waals surface area contributed by atoms with Gasteiger partial charge in [-0.25, -0.2) is 18.4 Å². The third-order valence-electron chi connectivity index (χ3n) is 4.00. The van der Waals surface area contributed by atoms with E-state index in [0.29, 0.717) is 16.3 Å². The molecule has 0 aliphatic carbocycles. The minimum atomic E-state index is -3.84. The molecule has 0 aliphatic heterocycles. The number of primary sulfonamides is 1. The van der Waals surface area contributed by atoms with Gasteiger partial charge in [-0.2, -0.15) is 0 Å². The Balaban J connectivity index is 1.98. The van der Waals surface area contributed by atoms with Crippen molar-refractivity contribution in [3.8, 4) is 5.88 Å². The SMILES string of the molecule is NS(=O)(=O)c1ccc(N=Cc2c(O)n(Cc3ccccc3Cl)c(=O)[nH]c2=O)cc1. The van der Waals surface area contributed by atoms with Gasteiger partial charge in [-0.3, -0.25) is 19.3 Å². The van der Waals surface area contributed by atoms with E-state index in [0.717, 1.165) is 10.8 Å². The summed E-state index contributed by atoms with van der Waals surface area (Å²) in [6.07, 6.45) is 1.07. The van der Waals surface area contributed by atoms with Gasteiger partial charge < -0.3 is 5.11 Å². The lowest BCUT2D eigenvalue weighted by Gasteiger charge is -2.10. The Morgan fingerprint density at radius 3 is 2.41 bits per heavy atom. The van der Waals surface area contributed by atoms with E-state index in [9.17, 15) is 23.1 Å². The first-order valence-corrected chi connectivity index (χ1v) is 10.1. The third kappa shape index (κ3) is 4.62. The molecule has 4 N–H and O–H groups in total. The first-order chi connectivity index (χ1) is 13.7. The number of aromatic hydroxyl groups is 1. The number of H-pyrrole nitrogens is 1. The van der Waals surface area contributed by atoms with Crippen LogP contribution in [0.2, 0.25) is 5.02 Å². The lowest BCUT2D eigenvalue weighted by molar-refractivity contribution is 0.408. The predicted octanol–water partition coefficient (Wildman–Crippen LogP) is 1.34. The van der Waals surface area contributed by atoms with Crippen molar-refractivity contribution in [3.63, 3.8) is 0 Å². The van der Waals surface area contributed by atoms with Gasteiger partial charge in [0.1, 0.15) is 5.56 Å². The standard InChI is InChI=1S/C18H15ClN4O5S/c19-15-4-2-1-3-11(15)10-23-17(25)14(16(24)22-18(23)26)9-21-12-5-7-13(8-6-12)29(20,27)28/h1-9,25H,10H2,(H2,20,27,28)(H,22,24,26). The molecule has 0 unspecified atom stereocenters. The van der Waals surface area contributed by atoms with Crippen molar-refractivity contribution in [2.45, 2.75) is 11.4 Å². The van der Waals surface area contributed by atoms with E-state index in [1.54, 1.807) is 24.3 Å². The molecule has 0 atom stereocenters. The van der Waals surface area contributed by atoms with Gasteiger partial charge in [0.05, 0.1) is 17.1 Å². The molecule has 0 spiro atoms. The van der Waals surface area contributed by atoms with Crippen LogP contribution in [0.15, 0.2) is 68.0 Å². The highest BCUT2D eigenvalue weighted by Gasteiger charge is 2.14. The zero-order valence-corrected chi connectivity index (χ0v) is 16.3. The summed E-state index contributed by atoms with van der Waals surface area (Å²) in [5.74, 6) is -0.580. The van der Waals surface area contributed by atoms with Gasteiger partial charge in [0.25, 0.3) is 5.56 Å². The molecule has 2 aromatic carbocycles. The molecule has 0 saturated heterocycles. The number of rotatable bonds is 5. The molecule has 11 heteroatoms. The fourth-order valence-corrected chi connectivity index (χ4v) is 3.21. The van der Waals surface area contributed by atoms with E-state index in [-0.39, 0.29) is 17.0 Å². The van der Waals surface area contributed by atoms with E-state index in [1.165, 1.54) is 24.3 Å². The summed E-state index contributed by atoms with van der Waals surface area (Å²) in [6.45, 7) is -0.0645. The molecular weight excluding hydrogens is 420 g/mol. The van der Waals surface area contributed by atoms with Crippen molar-refractivity contribution in [2.75, 3.05) is 0 Å². The van der Waals surface area contributed by atoms with Crippen LogP contribution in [-0.4, -0.2) is 29.3 Å². The predicted molar refractivity (Wildman–Crippen MR) is 109 cm³/mol. The van der Waals surface area contributed by atoms with E-state index in [4.69, 9.17) is 16.7 Å². The van der Waals surface area contributed by atoms with Crippen LogP contribution in [0.3, 0.4) is 0 Å². The van der Waals surface area contributed by atoms with Crippen LogP contribution in [0.25, 0.3) is 0 Å². The summed E-state index contributed by atoms with van der Waals surface area (Å²) < 4.78 is 23.5. The van der Waals surface area contributed by atoms with Crippen molar-refractivity contribution in [2.24, 2.45) is 10.1 Å². The van der Waals surface area contributed by atoms with Gasteiger partial charge in [0, 0.05) is 11.2 Å². The summed E-state index contributed by atoms with van der Waals surface area (Å²) in [4.78, 5) is 30.3. The second-order valence-corrected chi connectivity index (χ2v) is 7.94. The molecule has 0 amide bonds. The normalized spacial score (nSPS) is 11.8. The number of benzene rings is 2. The van der Waals surface area contributed by atoms with E-state index in [2.05, 4.69) is 9.98 Å². The zero-order valence-electron chi connectivity index (χ0n) is 14.7. The fourth-order valence-electron chi connectivity index (χ4n) is 2.50. The Bertz CT molecular complexity index is 1310.